The molecule has 0 saturated heterocycles. The van der Waals surface area contributed by atoms with Gasteiger partial charge in [-0.05, 0) is 31.5 Å². The first-order chi connectivity index (χ1) is 8.58. The van der Waals surface area contributed by atoms with E-state index in [-0.39, 0.29) is 11.7 Å². The van der Waals surface area contributed by atoms with E-state index < -0.39 is 0 Å². The summed E-state index contributed by atoms with van der Waals surface area (Å²) >= 11 is 0. The Morgan fingerprint density at radius 3 is 2.56 bits per heavy atom. The Labute approximate surface area is 105 Å². The highest BCUT2D eigenvalue weighted by molar-refractivity contribution is 5.96. The summed E-state index contributed by atoms with van der Waals surface area (Å²) in [6, 6.07) is 6.72. The fraction of sp³-hybridized carbons (Fsp3) is 0.231. The van der Waals surface area contributed by atoms with Crippen molar-refractivity contribution in [3.05, 3.63) is 46.8 Å². The summed E-state index contributed by atoms with van der Waals surface area (Å²) in [6.45, 7) is 4.03. The number of amides is 1. The molecular formula is C13H15N3O2. The second-order valence-electron chi connectivity index (χ2n) is 4.16. The van der Waals surface area contributed by atoms with Gasteiger partial charge in [0.2, 0.25) is 0 Å². The molecule has 1 amide bonds. The topological polar surface area (TPSA) is 78.0 Å². The Morgan fingerprint density at radius 2 is 2.00 bits per heavy atom. The molecule has 1 aromatic heterocycles. The third-order valence-corrected chi connectivity index (χ3v) is 2.74. The molecule has 0 aliphatic rings. The van der Waals surface area contributed by atoms with Gasteiger partial charge in [0.1, 0.15) is 5.75 Å². The third-order valence-electron chi connectivity index (χ3n) is 2.74. The molecule has 0 atom stereocenters. The van der Waals surface area contributed by atoms with Crippen LogP contribution in [0, 0.1) is 13.8 Å². The van der Waals surface area contributed by atoms with Crippen molar-refractivity contribution in [2.45, 2.75) is 20.4 Å². The standard InChI is InChI=1S/C13H15N3O2/c1-8-12(9(2)16-15-8)13(18)14-7-10-3-5-11(17)6-4-10/h3-6,17H,7H2,1-2H3,(H,14,18)(H,15,16). The predicted octanol–water partition coefficient (Wildman–Crippen LogP) is 1.66. The smallest absolute Gasteiger partial charge is 0.255 e. The van der Waals surface area contributed by atoms with Gasteiger partial charge < -0.3 is 10.4 Å². The maximum Gasteiger partial charge on any atom is 0.255 e. The van der Waals surface area contributed by atoms with E-state index in [1.807, 2.05) is 6.92 Å². The van der Waals surface area contributed by atoms with Crippen molar-refractivity contribution in [3.63, 3.8) is 0 Å². The molecule has 5 nitrogen and oxygen atoms in total. The molecule has 1 aromatic carbocycles. The van der Waals surface area contributed by atoms with E-state index in [4.69, 9.17) is 5.11 Å². The van der Waals surface area contributed by atoms with E-state index in [0.29, 0.717) is 17.8 Å². The monoisotopic (exact) mass is 245 g/mol. The molecule has 94 valence electrons. The van der Waals surface area contributed by atoms with Crippen LogP contribution in [0.3, 0.4) is 0 Å². The number of hydrogen-bond acceptors (Lipinski definition) is 3. The zero-order chi connectivity index (χ0) is 13.1. The number of benzene rings is 1. The van der Waals surface area contributed by atoms with Gasteiger partial charge in [0.15, 0.2) is 0 Å². The molecule has 0 saturated carbocycles. The Balaban J connectivity index is 2.03. The summed E-state index contributed by atoms with van der Waals surface area (Å²) in [5.41, 5.74) is 2.97. The van der Waals surface area contributed by atoms with Crippen LogP contribution in [0.25, 0.3) is 0 Å². The number of carbonyl (C=O) groups is 1. The summed E-state index contributed by atoms with van der Waals surface area (Å²) in [4.78, 5) is 12.0. The second-order valence-corrected chi connectivity index (χ2v) is 4.16. The molecule has 0 spiro atoms. The molecule has 0 bridgehead atoms. The van der Waals surface area contributed by atoms with Crippen LogP contribution in [-0.2, 0) is 6.54 Å². The van der Waals surface area contributed by atoms with E-state index in [0.717, 1.165) is 11.3 Å². The van der Waals surface area contributed by atoms with Crippen molar-refractivity contribution >= 4 is 5.91 Å². The fourth-order valence-electron chi connectivity index (χ4n) is 1.77. The average Bonchev–Trinajstić information content (AvgIpc) is 2.68. The van der Waals surface area contributed by atoms with Gasteiger partial charge in [-0.15, -0.1) is 0 Å². The third kappa shape index (κ3) is 2.51. The molecule has 0 fully saturated rings. The number of aryl methyl sites for hydroxylation is 2. The van der Waals surface area contributed by atoms with Crippen LogP contribution in [0.4, 0.5) is 0 Å². The number of hydrogen-bond donors (Lipinski definition) is 3. The average molecular weight is 245 g/mol. The van der Waals surface area contributed by atoms with Crippen LogP contribution < -0.4 is 5.32 Å². The maximum absolute atomic E-state index is 12.0. The fourth-order valence-corrected chi connectivity index (χ4v) is 1.77. The summed E-state index contributed by atoms with van der Waals surface area (Å²) in [5, 5.41) is 18.7. The van der Waals surface area contributed by atoms with Crippen molar-refractivity contribution < 1.29 is 9.90 Å². The molecule has 2 rings (SSSR count). The molecule has 5 heteroatoms. The lowest BCUT2D eigenvalue weighted by Crippen LogP contribution is -2.23. The van der Waals surface area contributed by atoms with Crippen LogP contribution >= 0.6 is 0 Å². The van der Waals surface area contributed by atoms with Gasteiger partial charge in [-0.3, -0.25) is 9.89 Å². The van der Waals surface area contributed by atoms with Crippen molar-refractivity contribution in [3.8, 4) is 5.75 Å². The minimum atomic E-state index is -0.146. The van der Waals surface area contributed by atoms with Crippen LogP contribution in [0.1, 0.15) is 27.3 Å². The molecule has 0 unspecified atom stereocenters. The molecule has 2 aromatic rings. The first kappa shape index (κ1) is 12.2. The number of aromatic nitrogens is 2. The minimum absolute atomic E-state index is 0.146. The summed E-state index contributed by atoms with van der Waals surface area (Å²) in [5.74, 6) is 0.0680. The Kier molecular flexibility index (Phi) is 3.32. The molecule has 1 heterocycles. The highest BCUT2D eigenvalue weighted by Crippen LogP contribution is 2.11. The minimum Gasteiger partial charge on any atom is -0.508 e. The number of nitrogens with one attached hydrogen (secondary N) is 2. The Bertz CT molecular complexity index is 539. The summed E-state index contributed by atoms with van der Waals surface area (Å²) in [6.07, 6.45) is 0. The molecule has 0 aliphatic carbocycles. The van der Waals surface area contributed by atoms with Crippen LogP contribution in [0.5, 0.6) is 5.75 Å². The van der Waals surface area contributed by atoms with Gasteiger partial charge in [-0.25, -0.2) is 0 Å². The Morgan fingerprint density at radius 1 is 1.33 bits per heavy atom. The molecular weight excluding hydrogens is 230 g/mol. The first-order valence-corrected chi connectivity index (χ1v) is 5.65. The number of aromatic amines is 1. The summed E-state index contributed by atoms with van der Waals surface area (Å²) < 4.78 is 0. The maximum atomic E-state index is 12.0. The zero-order valence-corrected chi connectivity index (χ0v) is 10.3. The van der Waals surface area contributed by atoms with Crippen molar-refractivity contribution in [1.82, 2.24) is 15.5 Å². The van der Waals surface area contributed by atoms with Crippen LogP contribution in [-0.4, -0.2) is 21.2 Å². The molecule has 0 aliphatic heterocycles. The van der Waals surface area contributed by atoms with Crippen LogP contribution in [0.15, 0.2) is 24.3 Å². The highest BCUT2D eigenvalue weighted by Gasteiger charge is 2.14. The first-order valence-electron chi connectivity index (χ1n) is 5.65. The highest BCUT2D eigenvalue weighted by atomic mass is 16.3. The second kappa shape index (κ2) is 4.91. The number of H-pyrrole nitrogens is 1. The normalized spacial score (nSPS) is 10.3. The van der Waals surface area contributed by atoms with E-state index in [1.165, 1.54) is 0 Å². The lowest BCUT2D eigenvalue weighted by Gasteiger charge is -2.05. The number of aromatic hydroxyl groups is 1. The van der Waals surface area contributed by atoms with Gasteiger partial charge >= 0.3 is 0 Å². The number of phenolic OH excluding ortho intramolecular Hbond substituents is 1. The van der Waals surface area contributed by atoms with E-state index in [2.05, 4.69) is 15.5 Å². The summed E-state index contributed by atoms with van der Waals surface area (Å²) in [7, 11) is 0. The van der Waals surface area contributed by atoms with Crippen LogP contribution in [0.2, 0.25) is 0 Å². The van der Waals surface area contributed by atoms with E-state index in [1.54, 1.807) is 31.2 Å². The van der Waals surface area contributed by atoms with Crippen molar-refractivity contribution in [2.24, 2.45) is 0 Å². The van der Waals surface area contributed by atoms with Gasteiger partial charge in [0, 0.05) is 12.2 Å². The van der Waals surface area contributed by atoms with Gasteiger partial charge in [-0.2, -0.15) is 5.10 Å². The van der Waals surface area contributed by atoms with Gasteiger partial charge in [0.25, 0.3) is 5.91 Å². The molecule has 3 N–H and O–H groups in total. The number of nitrogens with zero attached hydrogens (tertiary/aromatic N) is 1. The zero-order valence-electron chi connectivity index (χ0n) is 10.3. The largest absolute Gasteiger partial charge is 0.508 e. The number of phenols is 1. The quantitative estimate of drug-likeness (QED) is 0.769. The number of rotatable bonds is 3. The Hall–Kier alpha value is -2.30. The van der Waals surface area contributed by atoms with Gasteiger partial charge in [0.05, 0.1) is 11.3 Å². The van der Waals surface area contributed by atoms with Crippen molar-refractivity contribution in [1.29, 1.82) is 0 Å². The lowest BCUT2D eigenvalue weighted by atomic mass is 10.1. The molecule has 0 radical (unpaired) electrons. The SMILES string of the molecule is Cc1n[nH]c(C)c1C(=O)NCc1ccc(O)cc1. The van der Waals surface area contributed by atoms with Gasteiger partial charge in [-0.1, -0.05) is 12.1 Å². The van der Waals surface area contributed by atoms with E-state index in [9.17, 15) is 4.79 Å². The lowest BCUT2D eigenvalue weighted by molar-refractivity contribution is 0.0950. The predicted molar refractivity (Wildman–Crippen MR) is 67.3 cm³/mol. The molecule has 18 heavy (non-hydrogen) atoms. The number of carbonyl (C=O) groups excluding carboxylic acids is 1. The van der Waals surface area contributed by atoms with E-state index >= 15 is 0 Å². The van der Waals surface area contributed by atoms with Crippen molar-refractivity contribution in [2.75, 3.05) is 0 Å².